The number of hydrogen-bond donors (Lipinski definition) is 3. The maximum absolute atomic E-state index is 12.3. The zero-order valence-corrected chi connectivity index (χ0v) is 21.1. The third-order valence-electron chi connectivity index (χ3n) is 5.22. The van der Waals surface area contributed by atoms with E-state index in [9.17, 15) is 14.4 Å². The summed E-state index contributed by atoms with van der Waals surface area (Å²) in [5.74, 6) is -0.385. The summed E-state index contributed by atoms with van der Waals surface area (Å²) in [4.78, 5) is 36.6. The summed E-state index contributed by atoms with van der Waals surface area (Å²) in [6.07, 6.45) is 1.67. The van der Waals surface area contributed by atoms with Gasteiger partial charge in [-0.15, -0.1) is 10.2 Å². The molecule has 0 aliphatic carbocycles. The number of carbonyl (C=O) groups excluding carboxylic acids is 3. The van der Waals surface area contributed by atoms with E-state index < -0.39 is 11.8 Å². The van der Waals surface area contributed by atoms with Crippen LogP contribution in [0.3, 0.4) is 0 Å². The Balaban J connectivity index is 1.37. The molecule has 0 aliphatic rings. The highest BCUT2D eigenvalue weighted by Gasteiger charge is 2.14. The summed E-state index contributed by atoms with van der Waals surface area (Å²) >= 11 is 1.55. The topological polar surface area (TPSA) is 118 Å². The lowest BCUT2D eigenvalue weighted by molar-refractivity contribution is -0.121. The van der Waals surface area contributed by atoms with E-state index in [1.165, 1.54) is 0 Å². The average Bonchev–Trinajstić information content (AvgIpc) is 3.25. The molecule has 0 atom stereocenters. The van der Waals surface area contributed by atoms with E-state index in [0.29, 0.717) is 16.9 Å². The van der Waals surface area contributed by atoms with Gasteiger partial charge in [0.1, 0.15) is 6.33 Å². The molecule has 3 aromatic rings. The van der Waals surface area contributed by atoms with Gasteiger partial charge in [0.05, 0.1) is 0 Å². The largest absolute Gasteiger partial charge is 0.352 e. The Bertz CT molecular complexity index is 1170. The smallest absolute Gasteiger partial charge is 0.269 e. The van der Waals surface area contributed by atoms with E-state index in [4.69, 9.17) is 0 Å². The highest BCUT2D eigenvalue weighted by atomic mass is 32.2. The Labute approximate surface area is 209 Å². The number of hydrazine groups is 1. The van der Waals surface area contributed by atoms with Crippen LogP contribution in [0.1, 0.15) is 59.0 Å². The molecule has 3 rings (SSSR count). The van der Waals surface area contributed by atoms with Crippen molar-refractivity contribution in [3.8, 4) is 0 Å². The average molecular weight is 495 g/mol. The first-order valence-electron chi connectivity index (χ1n) is 11.2. The molecule has 0 aliphatic heterocycles. The summed E-state index contributed by atoms with van der Waals surface area (Å²) in [7, 11) is 1.88. The Morgan fingerprint density at radius 2 is 1.54 bits per heavy atom. The van der Waals surface area contributed by atoms with Crippen LogP contribution in [-0.4, -0.2) is 39.0 Å². The molecule has 0 saturated heterocycles. The number of aromatic nitrogens is 3. The minimum Gasteiger partial charge on any atom is -0.352 e. The molecule has 0 fully saturated rings. The Kier molecular flexibility index (Phi) is 8.64. The highest BCUT2D eigenvalue weighted by Crippen LogP contribution is 2.22. The first-order valence-corrected chi connectivity index (χ1v) is 12.2. The molecule has 0 unspecified atom stereocenters. The minimum absolute atomic E-state index is 0.0104. The van der Waals surface area contributed by atoms with Gasteiger partial charge in [-0.25, -0.2) is 0 Å². The van der Waals surface area contributed by atoms with Crippen LogP contribution in [0.5, 0.6) is 0 Å². The van der Waals surface area contributed by atoms with Gasteiger partial charge in [0.15, 0.2) is 5.16 Å². The maximum atomic E-state index is 12.3. The first-order chi connectivity index (χ1) is 16.6. The number of carbonyl (C=O) groups is 3. The van der Waals surface area contributed by atoms with Crippen LogP contribution in [0, 0.1) is 0 Å². The van der Waals surface area contributed by atoms with Gasteiger partial charge < -0.3 is 9.88 Å². The van der Waals surface area contributed by atoms with Crippen molar-refractivity contribution in [3.05, 3.63) is 77.1 Å². The molecule has 0 spiro atoms. The van der Waals surface area contributed by atoms with Gasteiger partial charge in [-0.05, 0) is 40.8 Å². The van der Waals surface area contributed by atoms with Crippen molar-refractivity contribution in [2.45, 2.75) is 43.5 Å². The fraction of sp³-hybridized carbons (Fsp3) is 0.320. The van der Waals surface area contributed by atoms with Gasteiger partial charge >= 0.3 is 0 Å². The van der Waals surface area contributed by atoms with Crippen LogP contribution in [0.25, 0.3) is 0 Å². The molecule has 2 aromatic carbocycles. The molecule has 0 radical (unpaired) electrons. The van der Waals surface area contributed by atoms with E-state index in [-0.39, 0.29) is 24.3 Å². The number of amides is 3. The number of rotatable bonds is 8. The van der Waals surface area contributed by atoms with Crippen LogP contribution in [0.15, 0.2) is 60.0 Å². The van der Waals surface area contributed by atoms with Crippen molar-refractivity contribution in [2.24, 2.45) is 7.05 Å². The van der Waals surface area contributed by atoms with Crippen molar-refractivity contribution in [1.29, 1.82) is 0 Å². The molecule has 9 nitrogen and oxygen atoms in total. The van der Waals surface area contributed by atoms with Gasteiger partial charge in [0.2, 0.25) is 5.91 Å². The van der Waals surface area contributed by atoms with Crippen molar-refractivity contribution >= 4 is 29.5 Å². The molecule has 0 bridgehead atoms. The van der Waals surface area contributed by atoms with Crippen molar-refractivity contribution < 1.29 is 14.4 Å². The van der Waals surface area contributed by atoms with Crippen LogP contribution >= 0.6 is 11.8 Å². The predicted octanol–water partition coefficient (Wildman–Crippen LogP) is 2.99. The molecule has 184 valence electrons. The van der Waals surface area contributed by atoms with Gasteiger partial charge in [-0.3, -0.25) is 25.2 Å². The predicted molar refractivity (Wildman–Crippen MR) is 135 cm³/mol. The summed E-state index contributed by atoms with van der Waals surface area (Å²) < 4.78 is 1.84. The van der Waals surface area contributed by atoms with Crippen LogP contribution in [-0.2, 0) is 23.0 Å². The summed E-state index contributed by atoms with van der Waals surface area (Å²) in [5, 5.41) is 11.4. The monoisotopic (exact) mass is 494 g/mol. The molecule has 3 amide bonds. The van der Waals surface area contributed by atoms with Crippen LogP contribution in [0.4, 0.5) is 0 Å². The van der Waals surface area contributed by atoms with E-state index in [2.05, 4.69) is 47.1 Å². The zero-order valence-electron chi connectivity index (χ0n) is 20.3. The van der Waals surface area contributed by atoms with Gasteiger partial charge in [-0.2, -0.15) is 0 Å². The molecule has 0 saturated carbocycles. The number of nitrogens with zero attached hydrogens (tertiary/aromatic N) is 3. The molecular formula is C25H30N6O3S. The van der Waals surface area contributed by atoms with Gasteiger partial charge in [0.25, 0.3) is 11.8 Å². The van der Waals surface area contributed by atoms with Crippen molar-refractivity contribution in [1.82, 2.24) is 30.9 Å². The Morgan fingerprint density at radius 1 is 0.914 bits per heavy atom. The normalized spacial score (nSPS) is 11.1. The zero-order chi connectivity index (χ0) is 25.4. The lowest BCUT2D eigenvalue weighted by Crippen LogP contribution is -2.42. The molecular weight excluding hydrogens is 464 g/mol. The van der Waals surface area contributed by atoms with Gasteiger partial charge in [0, 0.05) is 36.9 Å². The second-order valence-electron chi connectivity index (χ2n) is 9.05. The number of nitrogens with one attached hydrogen (secondary N) is 3. The molecule has 1 aromatic heterocycles. The quantitative estimate of drug-likeness (QED) is 0.327. The second kappa shape index (κ2) is 11.7. The third-order valence-corrected chi connectivity index (χ3v) is 6.33. The minimum atomic E-state index is -0.422. The fourth-order valence-corrected chi connectivity index (χ4v) is 3.92. The number of thioether (sulfide) groups is 1. The SMILES string of the molecule is Cn1cnnc1SCc1ccc(C(=O)NNC(=O)CCNC(=O)c2ccc(C(C)(C)C)cc2)cc1. The van der Waals surface area contributed by atoms with Crippen molar-refractivity contribution in [2.75, 3.05) is 6.54 Å². The van der Waals surface area contributed by atoms with E-state index in [0.717, 1.165) is 16.3 Å². The molecule has 1 heterocycles. The summed E-state index contributed by atoms with van der Waals surface area (Å²) in [6, 6.07) is 14.5. The van der Waals surface area contributed by atoms with Crippen LogP contribution < -0.4 is 16.2 Å². The summed E-state index contributed by atoms with van der Waals surface area (Å²) in [6.45, 7) is 6.48. The van der Waals surface area contributed by atoms with E-state index in [1.807, 2.05) is 35.9 Å². The number of aryl methyl sites for hydroxylation is 1. The third kappa shape index (κ3) is 7.68. The Morgan fingerprint density at radius 3 is 2.14 bits per heavy atom. The lowest BCUT2D eigenvalue weighted by Gasteiger charge is -2.19. The van der Waals surface area contributed by atoms with E-state index in [1.54, 1.807) is 42.4 Å². The number of benzene rings is 2. The molecule has 3 N–H and O–H groups in total. The lowest BCUT2D eigenvalue weighted by atomic mass is 9.87. The van der Waals surface area contributed by atoms with Crippen molar-refractivity contribution in [3.63, 3.8) is 0 Å². The second-order valence-corrected chi connectivity index (χ2v) is 9.99. The van der Waals surface area contributed by atoms with Crippen LogP contribution in [0.2, 0.25) is 0 Å². The maximum Gasteiger partial charge on any atom is 0.269 e. The standard InChI is InChI=1S/C25H30N6O3S/c1-25(2,3)20-11-9-18(10-12-20)22(33)26-14-13-21(32)28-29-23(34)19-7-5-17(6-8-19)15-35-24-30-27-16-31(24)4/h5-12,16H,13-15H2,1-4H3,(H,26,33)(H,28,32)(H,29,34). The molecule has 10 heteroatoms. The fourth-order valence-electron chi connectivity index (χ4n) is 3.08. The Hall–Kier alpha value is -3.66. The van der Waals surface area contributed by atoms with E-state index >= 15 is 0 Å². The van der Waals surface area contributed by atoms with Gasteiger partial charge in [-0.1, -0.05) is 56.8 Å². The summed E-state index contributed by atoms with van der Waals surface area (Å²) in [5.41, 5.74) is 7.90. The number of hydrogen-bond acceptors (Lipinski definition) is 6. The first kappa shape index (κ1) is 26.0. The molecule has 35 heavy (non-hydrogen) atoms. The highest BCUT2D eigenvalue weighted by molar-refractivity contribution is 7.98.